The van der Waals surface area contributed by atoms with Crippen LogP contribution < -0.4 is 5.32 Å². The number of nitrogens with zero attached hydrogens (tertiary/aromatic N) is 3. The molecule has 1 fully saturated rings. The number of rotatable bonds is 6. The van der Waals surface area contributed by atoms with Gasteiger partial charge in [0, 0.05) is 42.7 Å². The number of aromatic nitrogens is 2. The molecule has 1 amide bonds. The first-order valence-corrected chi connectivity index (χ1v) is 12.5. The lowest BCUT2D eigenvalue weighted by atomic mass is 9.97. The zero-order valence-corrected chi connectivity index (χ0v) is 19.1. The highest BCUT2D eigenvalue weighted by atomic mass is 32.2. The Morgan fingerprint density at radius 1 is 1.22 bits per heavy atom. The number of aryl methyl sites for hydroxylation is 1. The minimum Gasteiger partial charge on any atom is -0.302 e. The van der Waals surface area contributed by atoms with E-state index in [4.69, 9.17) is 0 Å². The predicted molar refractivity (Wildman–Crippen MR) is 120 cm³/mol. The maximum atomic E-state index is 14.0. The van der Waals surface area contributed by atoms with E-state index in [2.05, 4.69) is 15.3 Å². The molecule has 4 rings (SSSR count). The second kappa shape index (κ2) is 9.43. The highest BCUT2D eigenvalue weighted by molar-refractivity contribution is 7.89. The molecule has 0 saturated carbocycles. The molecule has 32 heavy (non-hydrogen) atoms. The van der Waals surface area contributed by atoms with E-state index >= 15 is 0 Å². The maximum absolute atomic E-state index is 14.0. The Kier molecular flexibility index (Phi) is 6.63. The fourth-order valence-corrected chi connectivity index (χ4v) is 6.10. The zero-order chi connectivity index (χ0) is 22.7. The Morgan fingerprint density at radius 2 is 1.97 bits per heavy atom. The van der Waals surface area contributed by atoms with Crippen molar-refractivity contribution >= 4 is 32.4 Å². The van der Waals surface area contributed by atoms with Crippen molar-refractivity contribution in [2.45, 2.75) is 31.1 Å². The minimum atomic E-state index is -3.61. The fraction of sp³-hybridized carbons (Fsp3) is 0.318. The van der Waals surface area contributed by atoms with E-state index in [-0.39, 0.29) is 35.6 Å². The molecule has 7 nitrogen and oxygen atoms in total. The van der Waals surface area contributed by atoms with E-state index in [9.17, 15) is 17.6 Å². The molecule has 0 aliphatic carbocycles. The molecule has 1 aliphatic heterocycles. The number of piperidine rings is 1. The summed E-state index contributed by atoms with van der Waals surface area (Å²) < 4.78 is 40.8. The van der Waals surface area contributed by atoms with Crippen molar-refractivity contribution in [2.75, 3.05) is 18.4 Å². The maximum Gasteiger partial charge on any atom is 0.244 e. The van der Waals surface area contributed by atoms with Gasteiger partial charge < -0.3 is 5.32 Å². The smallest absolute Gasteiger partial charge is 0.244 e. The monoisotopic (exact) mass is 474 g/mol. The highest BCUT2D eigenvalue weighted by Gasteiger charge is 2.32. The lowest BCUT2D eigenvalue weighted by Crippen LogP contribution is -2.41. The molecule has 3 heterocycles. The van der Waals surface area contributed by atoms with Gasteiger partial charge in [-0.05, 0) is 43.5 Å². The van der Waals surface area contributed by atoms with Crippen LogP contribution in [0.25, 0.3) is 0 Å². The van der Waals surface area contributed by atoms with E-state index in [0.717, 1.165) is 10.6 Å². The van der Waals surface area contributed by atoms with Crippen LogP contribution in [0.5, 0.6) is 0 Å². The zero-order valence-electron chi connectivity index (χ0n) is 17.5. The Labute approximate surface area is 190 Å². The molecule has 0 spiro atoms. The number of hydrogen-bond acceptors (Lipinski definition) is 6. The number of nitrogens with one attached hydrogen (secondary N) is 1. The molecule has 0 unspecified atom stereocenters. The van der Waals surface area contributed by atoms with Crippen molar-refractivity contribution in [3.05, 3.63) is 70.7 Å². The standard InChI is InChI=1S/C22H23FN4O3S2/c1-15-20(13-17-5-2-3-7-19(17)23)31-22(25-15)26-21(28)16-8-11-27(12-9-16)32(29,30)18-6-4-10-24-14-18/h2-7,10,14,16H,8-9,11-13H2,1H3,(H,25,26,28). The molecule has 0 radical (unpaired) electrons. The summed E-state index contributed by atoms with van der Waals surface area (Å²) in [5, 5.41) is 3.33. The number of carbonyl (C=O) groups excluding carboxylic acids is 1. The molecule has 3 aromatic rings. The number of carbonyl (C=O) groups is 1. The van der Waals surface area contributed by atoms with Gasteiger partial charge in [-0.2, -0.15) is 4.31 Å². The van der Waals surface area contributed by atoms with Crippen LogP contribution in [0.3, 0.4) is 0 Å². The second-order valence-electron chi connectivity index (χ2n) is 7.65. The first-order valence-electron chi connectivity index (χ1n) is 10.3. The van der Waals surface area contributed by atoms with E-state index in [0.29, 0.717) is 30.0 Å². The van der Waals surface area contributed by atoms with Crippen LogP contribution in [0.4, 0.5) is 9.52 Å². The van der Waals surface area contributed by atoms with Crippen molar-refractivity contribution in [1.82, 2.24) is 14.3 Å². The molecule has 1 aromatic carbocycles. The van der Waals surface area contributed by atoms with Crippen molar-refractivity contribution < 1.29 is 17.6 Å². The summed E-state index contributed by atoms with van der Waals surface area (Å²) in [6.45, 7) is 2.37. The van der Waals surface area contributed by atoms with E-state index in [1.807, 2.05) is 6.92 Å². The quantitative estimate of drug-likeness (QED) is 0.589. The van der Waals surface area contributed by atoms with Crippen molar-refractivity contribution in [2.24, 2.45) is 5.92 Å². The normalized spacial score (nSPS) is 15.6. The number of amides is 1. The second-order valence-corrected chi connectivity index (χ2v) is 10.7. The predicted octanol–water partition coefficient (Wildman–Crippen LogP) is 3.62. The number of benzene rings is 1. The summed E-state index contributed by atoms with van der Waals surface area (Å²) in [5.41, 5.74) is 1.34. The molecule has 1 saturated heterocycles. The third-order valence-corrected chi connectivity index (χ3v) is 8.48. The SMILES string of the molecule is Cc1nc(NC(=O)C2CCN(S(=O)(=O)c3cccnc3)CC2)sc1Cc1ccccc1F. The Bertz CT molecular complexity index is 1210. The number of halogens is 1. The summed E-state index contributed by atoms with van der Waals surface area (Å²) in [6.07, 6.45) is 4.13. The molecule has 1 N–H and O–H groups in total. The third kappa shape index (κ3) is 4.87. The number of pyridine rings is 1. The van der Waals surface area contributed by atoms with Crippen LogP contribution in [0.15, 0.2) is 53.7 Å². The van der Waals surface area contributed by atoms with Gasteiger partial charge in [0.25, 0.3) is 0 Å². The van der Waals surface area contributed by atoms with Gasteiger partial charge in [0.2, 0.25) is 15.9 Å². The van der Waals surface area contributed by atoms with Crippen LogP contribution in [0, 0.1) is 18.7 Å². The first-order chi connectivity index (χ1) is 15.3. The average molecular weight is 475 g/mol. The van der Waals surface area contributed by atoms with Crippen LogP contribution >= 0.6 is 11.3 Å². The van der Waals surface area contributed by atoms with E-state index < -0.39 is 10.0 Å². The van der Waals surface area contributed by atoms with Crippen LogP contribution in [0.2, 0.25) is 0 Å². The van der Waals surface area contributed by atoms with Gasteiger partial charge in [0.05, 0.1) is 5.69 Å². The number of anilines is 1. The van der Waals surface area contributed by atoms with Gasteiger partial charge in [-0.1, -0.05) is 18.2 Å². The summed E-state index contributed by atoms with van der Waals surface area (Å²) in [4.78, 5) is 22.1. The van der Waals surface area contributed by atoms with Crippen molar-refractivity contribution in [3.63, 3.8) is 0 Å². The minimum absolute atomic E-state index is 0.156. The van der Waals surface area contributed by atoms with Gasteiger partial charge in [-0.3, -0.25) is 9.78 Å². The first kappa shape index (κ1) is 22.5. The van der Waals surface area contributed by atoms with Crippen molar-refractivity contribution in [3.8, 4) is 0 Å². The lowest BCUT2D eigenvalue weighted by molar-refractivity contribution is -0.120. The van der Waals surface area contributed by atoms with Gasteiger partial charge >= 0.3 is 0 Å². The number of sulfonamides is 1. The third-order valence-electron chi connectivity index (χ3n) is 5.53. The largest absolute Gasteiger partial charge is 0.302 e. The van der Waals surface area contributed by atoms with Crippen LogP contribution in [-0.2, 0) is 21.2 Å². The summed E-state index contributed by atoms with van der Waals surface area (Å²) in [7, 11) is -3.61. The molecule has 0 atom stereocenters. The van der Waals surface area contributed by atoms with Crippen LogP contribution in [0.1, 0.15) is 29.0 Å². The van der Waals surface area contributed by atoms with Gasteiger partial charge in [0.1, 0.15) is 10.7 Å². The van der Waals surface area contributed by atoms with Crippen LogP contribution in [-0.4, -0.2) is 41.7 Å². The number of hydrogen-bond donors (Lipinski definition) is 1. The van der Waals surface area contributed by atoms with Gasteiger partial charge in [-0.15, -0.1) is 11.3 Å². The van der Waals surface area contributed by atoms with Gasteiger partial charge in [-0.25, -0.2) is 17.8 Å². The molecule has 0 bridgehead atoms. The molecule has 2 aromatic heterocycles. The average Bonchev–Trinajstić information content (AvgIpc) is 3.14. The Morgan fingerprint density at radius 3 is 2.66 bits per heavy atom. The topological polar surface area (TPSA) is 92.3 Å². The molecular weight excluding hydrogens is 451 g/mol. The van der Waals surface area contributed by atoms with E-state index in [1.165, 1.54) is 40.2 Å². The summed E-state index contributed by atoms with van der Waals surface area (Å²) in [5.74, 6) is -0.733. The lowest BCUT2D eigenvalue weighted by Gasteiger charge is -2.30. The molecule has 1 aliphatic rings. The highest BCUT2D eigenvalue weighted by Crippen LogP contribution is 2.28. The summed E-state index contributed by atoms with van der Waals surface area (Å²) >= 11 is 1.33. The van der Waals surface area contributed by atoms with Gasteiger partial charge in [0.15, 0.2) is 5.13 Å². The molecule has 10 heteroatoms. The fourth-order valence-electron chi connectivity index (χ4n) is 3.67. The van der Waals surface area contributed by atoms with Crippen molar-refractivity contribution in [1.29, 1.82) is 0 Å². The Hall–Kier alpha value is -2.69. The summed E-state index contributed by atoms with van der Waals surface area (Å²) in [6, 6.07) is 9.71. The number of thiazole rings is 1. The molecular formula is C22H23FN4O3S2. The van der Waals surface area contributed by atoms with E-state index in [1.54, 1.807) is 24.3 Å². The molecule has 168 valence electrons. The Balaban J connectivity index is 1.36.